The second-order valence-electron chi connectivity index (χ2n) is 3.84. The maximum Gasteiger partial charge on any atom is 0.315 e. The minimum atomic E-state index is -0.0988. The first-order valence-electron chi connectivity index (χ1n) is 5.37. The fourth-order valence-electron chi connectivity index (χ4n) is 1.87. The molecule has 1 fully saturated rings. The number of amides is 2. The van der Waals surface area contributed by atoms with Crippen molar-refractivity contribution in [2.45, 2.75) is 38.3 Å². The van der Waals surface area contributed by atoms with Gasteiger partial charge >= 0.3 is 6.03 Å². The molecule has 1 aromatic rings. The summed E-state index contributed by atoms with van der Waals surface area (Å²) < 4.78 is 0. The van der Waals surface area contributed by atoms with Gasteiger partial charge in [0.05, 0.1) is 6.54 Å². The third kappa shape index (κ3) is 2.97. The first-order chi connectivity index (χ1) is 7.34. The Labute approximate surface area is 88.7 Å². The normalized spacial score (nSPS) is 16.5. The summed E-state index contributed by atoms with van der Waals surface area (Å²) in [5.74, 6) is 0.775. The Balaban J connectivity index is 1.68. The van der Waals surface area contributed by atoms with Crippen LogP contribution in [0, 0.1) is 0 Å². The van der Waals surface area contributed by atoms with Crippen molar-refractivity contribution in [3.8, 4) is 0 Å². The number of aromatic amines is 1. The largest absolute Gasteiger partial charge is 0.347 e. The lowest BCUT2D eigenvalue weighted by atomic mass is 10.2. The van der Waals surface area contributed by atoms with Gasteiger partial charge in [0.2, 0.25) is 0 Å². The molecule has 3 N–H and O–H groups in total. The summed E-state index contributed by atoms with van der Waals surface area (Å²) in [6.07, 6.45) is 8.08. The van der Waals surface area contributed by atoms with E-state index in [1.807, 2.05) is 0 Å². The third-order valence-electron chi connectivity index (χ3n) is 2.66. The number of nitrogens with zero attached hydrogens (tertiary/aromatic N) is 1. The zero-order valence-electron chi connectivity index (χ0n) is 8.62. The van der Waals surface area contributed by atoms with Gasteiger partial charge in [-0.05, 0) is 12.8 Å². The van der Waals surface area contributed by atoms with Crippen molar-refractivity contribution >= 4 is 6.03 Å². The van der Waals surface area contributed by atoms with Crippen LogP contribution < -0.4 is 10.6 Å². The standard InChI is InChI=1S/C10H16N4O/c15-10(14-8-3-1-2-4-8)13-7-9-11-5-6-12-9/h5-6,8H,1-4,7H2,(H,11,12)(H2,13,14,15). The van der Waals surface area contributed by atoms with Crippen LogP contribution in [0.2, 0.25) is 0 Å². The number of rotatable bonds is 3. The van der Waals surface area contributed by atoms with Crippen molar-refractivity contribution in [1.29, 1.82) is 0 Å². The van der Waals surface area contributed by atoms with Crippen molar-refractivity contribution < 1.29 is 4.79 Å². The molecule has 0 bridgehead atoms. The highest BCUT2D eigenvalue weighted by Crippen LogP contribution is 2.17. The number of carbonyl (C=O) groups excluding carboxylic acids is 1. The van der Waals surface area contributed by atoms with E-state index in [4.69, 9.17) is 0 Å². The molecule has 0 unspecified atom stereocenters. The van der Waals surface area contributed by atoms with E-state index in [0.717, 1.165) is 18.7 Å². The van der Waals surface area contributed by atoms with Crippen LogP contribution >= 0.6 is 0 Å². The van der Waals surface area contributed by atoms with Crippen LogP contribution in [0.1, 0.15) is 31.5 Å². The predicted octanol–water partition coefficient (Wildman–Crippen LogP) is 1.15. The lowest BCUT2D eigenvalue weighted by Crippen LogP contribution is -2.40. The smallest absolute Gasteiger partial charge is 0.315 e. The van der Waals surface area contributed by atoms with E-state index in [2.05, 4.69) is 20.6 Å². The monoisotopic (exact) mass is 208 g/mol. The van der Waals surface area contributed by atoms with E-state index in [1.165, 1.54) is 12.8 Å². The third-order valence-corrected chi connectivity index (χ3v) is 2.66. The highest BCUT2D eigenvalue weighted by atomic mass is 16.2. The lowest BCUT2D eigenvalue weighted by molar-refractivity contribution is 0.236. The molecule has 1 heterocycles. The van der Waals surface area contributed by atoms with Crippen LogP contribution in [-0.4, -0.2) is 22.0 Å². The molecular weight excluding hydrogens is 192 g/mol. The Kier molecular flexibility index (Phi) is 3.22. The number of urea groups is 1. The van der Waals surface area contributed by atoms with E-state index < -0.39 is 0 Å². The van der Waals surface area contributed by atoms with Gasteiger partial charge in [0.1, 0.15) is 5.82 Å². The van der Waals surface area contributed by atoms with Crippen molar-refractivity contribution in [1.82, 2.24) is 20.6 Å². The zero-order chi connectivity index (χ0) is 10.5. The fraction of sp³-hybridized carbons (Fsp3) is 0.600. The van der Waals surface area contributed by atoms with Crippen molar-refractivity contribution in [2.75, 3.05) is 0 Å². The zero-order valence-corrected chi connectivity index (χ0v) is 8.62. The van der Waals surface area contributed by atoms with Crippen LogP contribution in [-0.2, 0) is 6.54 Å². The number of carbonyl (C=O) groups is 1. The maximum atomic E-state index is 11.4. The minimum Gasteiger partial charge on any atom is -0.347 e. The van der Waals surface area contributed by atoms with Gasteiger partial charge in [-0.3, -0.25) is 0 Å². The van der Waals surface area contributed by atoms with E-state index in [9.17, 15) is 4.79 Å². The Hall–Kier alpha value is -1.52. The van der Waals surface area contributed by atoms with E-state index in [-0.39, 0.29) is 6.03 Å². The van der Waals surface area contributed by atoms with Crippen LogP contribution in [0.25, 0.3) is 0 Å². The minimum absolute atomic E-state index is 0.0988. The van der Waals surface area contributed by atoms with Gasteiger partial charge in [-0.25, -0.2) is 9.78 Å². The average molecular weight is 208 g/mol. The molecule has 1 aliphatic rings. The molecule has 0 atom stereocenters. The van der Waals surface area contributed by atoms with Gasteiger partial charge in [-0.15, -0.1) is 0 Å². The van der Waals surface area contributed by atoms with Crippen LogP contribution in [0.3, 0.4) is 0 Å². The Morgan fingerprint density at radius 1 is 1.53 bits per heavy atom. The maximum absolute atomic E-state index is 11.4. The van der Waals surface area contributed by atoms with Crippen molar-refractivity contribution in [3.63, 3.8) is 0 Å². The fourth-order valence-corrected chi connectivity index (χ4v) is 1.87. The molecule has 15 heavy (non-hydrogen) atoms. The summed E-state index contributed by atoms with van der Waals surface area (Å²) in [6, 6.07) is 0.264. The molecule has 0 aromatic carbocycles. The highest BCUT2D eigenvalue weighted by molar-refractivity contribution is 5.74. The molecule has 1 aromatic heterocycles. The van der Waals surface area contributed by atoms with Crippen LogP contribution in [0.15, 0.2) is 12.4 Å². The number of hydrogen-bond donors (Lipinski definition) is 3. The number of hydrogen-bond acceptors (Lipinski definition) is 2. The van der Waals surface area contributed by atoms with Crippen LogP contribution in [0.5, 0.6) is 0 Å². The second-order valence-corrected chi connectivity index (χ2v) is 3.84. The molecule has 0 saturated heterocycles. The molecule has 5 nitrogen and oxygen atoms in total. The SMILES string of the molecule is O=C(NCc1ncc[nH]1)NC1CCCC1. The summed E-state index contributed by atoms with van der Waals surface area (Å²) in [4.78, 5) is 18.4. The Morgan fingerprint density at radius 3 is 3.00 bits per heavy atom. The quantitative estimate of drug-likeness (QED) is 0.697. The summed E-state index contributed by atoms with van der Waals surface area (Å²) in [5, 5.41) is 5.72. The summed E-state index contributed by atoms with van der Waals surface area (Å²) in [6.45, 7) is 0.450. The summed E-state index contributed by atoms with van der Waals surface area (Å²) >= 11 is 0. The summed E-state index contributed by atoms with van der Waals surface area (Å²) in [5.41, 5.74) is 0. The number of nitrogens with one attached hydrogen (secondary N) is 3. The molecule has 1 aliphatic carbocycles. The molecule has 2 amide bonds. The van der Waals surface area contributed by atoms with Gasteiger partial charge in [0.25, 0.3) is 0 Å². The van der Waals surface area contributed by atoms with Gasteiger partial charge < -0.3 is 15.6 Å². The first-order valence-corrected chi connectivity index (χ1v) is 5.37. The van der Waals surface area contributed by atoms with E-state index >= 15 is 0 Å². The van der Waals surface area contributed by atoms with E-state index in [0.29, 0.717) is 12.6 Å². The molecule has 5 heteroatoms. The summed E-state index contributed by atoms with van der Waals surface area (Å²) in [7, 11) is 0. The number of H-pyrrole nitrogens is 1. The van der Waals surface area contributed by atoms with Gasteiger partial charge in [-0.1, -0.05) is 12.8 Å². The molecule has 1 saturated carbocycles. The predicted molar refractivity (Wildman–Crippen MR) is 56.2 cm³/mol. The molecule has 0 spiro atoms. The number of imidazole rings is 1. The number of aromatic nitrogens is 2. The molecule has 0 aliphatic heterocycles. The van der Waals surface area contributed by atoms with Crippen molar-refractivity contribution in [2.24, 2.45) is 0 Å². The second kappa shape index (κ2) is 4.82. The lowest BCUT2D eigenvalue weighted by Gasteiger charge is -2.12. The van der Waals surface area contributed by atoms with Crippen molar-refractivity contribution in [3.05, 3.63) is 18.2 Å². The van der Waals surface area contributed by atoms with Crippen LogP contribution in [0.4, 0.5) is 4.79 Å². The van der Waals surface area contributed by atoms with E-state index in [1.54, 1.807) is 12.4 Å². The molecule has 0 radical (unpaired) electrons. The van der Waals surface area contributed by atoms with Gasteiger partial charge in [0.15, 0.2) is 0 Å². The molecule has 82 valence electrons. The Bertz CT molecular complexity index is 303. The molecule has 2 rings (SSSR count). The van der Waals surface area contributed by atoms with Gasteiger partial charge in [-0.2, -0.15) is 0 Å². The van der Waals surface area contributed by atoms with Gasteiger partial charge in [0, 0.05) is 18.4 Å². The highest BCUT2D eigenvalue weighted by Gasteiger charge is 2.16. The Morgan fingerprint density at radius 2 is 2.33 bits per heavy atom. The topological polar surface area (TPSA) is 69.8 Å². The molecular formula is C10H16N4O. The average Bonchev–Trinajstić information content (AvgIpc) is 2.86. The first kappa shape index (κ1) is 10.0.